The van der Waals surface area contributed by atoms with E-state index in [1.165, 1.54) is 25.7 Å². The molecule has 4 nitrogen and oxygen atoms in total. The Morgan fingerprint density at radius 3 is 2.77 bits per heavy atom. The number of methoxy groups -OCH3 is 1. The Labute approximate surface area is 133 Å². The Balaban J connectivity index is 1.78. The van der Waals surface area contributed by atoms with Crippen LogP contribution < -0.4 is 10.1 Å². The van der Waals surface area contributed by atoms with Crippen molar-refractivity contribution in [1.82, 2.24) is 10.2 Å². The molecule has 1 amide bonds. The summed E-state index contributed by atoms with van der Waals surface area (Å²) in [4.78, 5) is 14.8. The van der Waals surface area contributed by atoms with Gasteiger partial charge in [0.1, 0.15) is 5.75 Å². The molecule has 0 unspecified atom stereocenters. The number of carbonyl (C=O) groups is 1. The van der Waals surface area contributed by atoms with Gasteiger partial charge in [-0.3, -0.25) is 4.79 Å². The van der Waals surface area contributed by atoms with Crippen molar-refractivity contribution in [2.75, 3.05) is 27.2 Å². The monoisotopic (exact) mass is 304 g/mol. The third-order valence-corrected chi connectivity index (χ3v) is 4.60. The van der Waals surface area contributed by atoms with E-state index in [1.54, 1.807) is 7.11 Å². The van der Waals surface area contributed by atoms with Crippen LogP contribution in [0.15, 0.2) is 18.2 Å². The smallest absolute Gasteiger partial charge is 0.255 e. The Hall–Kier alpha value is -1.55. The molecular weight excluding hydrogens is 276 g/mol. The molecule has 1 saturated carbocycles. The van der Waals surface area contributed by atoms with Crippen molar-refractivity contribution in [3.05, 3.63) is 29.3 Å². The summed E-state index contributed by atoms with van der Waals surface area (Å²) >= 11 is 0. The molecule has 0 bridgehead atoms. The van der Waals surface area contributed by atoms with Crippen molar-refractivity contribution in [2.24, 2.45) is 0 Å². The summed E-state index contributed by atoms with van der Waals surface area (Å²) in [7, 11) is 3.80. The second-order valence-corrected chi connectivity index (χ2v) is 6.18. The highest BCUT2D eigenvalue weighted by Crippen LogP contribution is 2.23. The SMILES string of the molecule is COc1cccc(C)c1C(=O)NCCCN(C)C1CCCC1. The highest BCUT2D eigenvalue weighted by molar-refractivity contribution is 5.98. The predicted molar refractivity (Wildman–Crippen MR) is 89.6 cm³/mol. The lowest BCUT2D eigenvalue weighted by Gasteiger charge is -2.23. The molecule has 4 heteroatoms. The zero-order chi connectivity index (χ0) is 15.9. The highest BCUT2D eigenvalue weighted by atomic mass is 16.5. The maximum absolute atomic E-state index is 12.3. The molecule has 0 atom stereocenters. The zero-order valence-corrected chi connectivity index (χ0v) is 14.0. The first-order chi connectivity index (χ1) is 10.6. The fourth-order valence-electron chi connectivity index (χ4n) is 3.25. The van der Waals surface area contributed by atoms with Gasteiger partial charge in [0, 0.05) is 12.6 Å². The van der Waals surface area contributed by atoms with E-state index in [2.05, 4.69) is 17.3 Å². The van der Waals surface area contributed by atoms with Gasteiger partial charge in [-0.2, -0.15) is 0 Å². The first-order valence-electron chi connectivity index (χ1n) is 8.25. The summed E-state index contributed by atoms with van der Waals surface area (Å²) < 4.78 is 5.29. The molecule has 2 rings (SSSR count). The molecule has 0 saturated heterocycles. The van der Waals surface area contributed by atoms with Gasteiger partial charge < -0.3 is 15.0 Å². The summed E-state index contributed by atoms with van der Waals surface area (Å²) in [5.41, 5.74) is 1.59. The number of hydrogen-bond acceptors (Lipinski definition) is 3. The number of nitrogens with one attached hydrogen (secondary N) is 1. The van der Waals surface area contributed by atoms with E-state index < -0.39 is 0 Å². The first-order valence-corrected chi connectivity index (χ1v) is 8.25. The fraction of sp³-hybridized carbons (Fsp3) is 0.611. The van der Waals surface area contributed by atoms with Crippen molar-refractivity contribution in [2.45, 2.75) is 45.1 Å². The van der Waals surface area contributed by atoms with Crippen LogP contribution in [0.25, 0.3) is 0 Å². The molecule has 1 aromatic carbocycles. The van der Waals surface area contributed by atoms with E-state index in [1.807, 2.05) is 25.1 Å². The molecule has 1 fully saturated rings. The molecule has 1 aliphatic carbocycles. The Kier molecular flexibility index (Phi) is 6.25. The van der Waals surface area contributed by atoms with Crippen LogP contribution in [0.1, 0.15) is 48.0 Å². The molecular formula is C18H28N2O2. The van der Waals surface area contributed by atoms with Crippen LogP contribution in [-0.2, 0) is 0 Å². The van der Waals surface area contributed by atoms with Gasteiger partial charge in [0.2, 0.25) is 0 Å². The minimum Gasteiger partial charge on any atom is -0.496 e. The van der Waals surface area contributed by atoms with E-state index in [9.17, 15) is 4.79 Å². The Morgan fingerprint density at radius 2 is 2.09 bits per heavy atom. The number of ether oxygens (including phenoxy) is 1. The highest BCUT2D eigenvalue weighted by Gasteiger charge is 2.19. The average molecular weight is 304 g/mol. The predicted octanol–water partition coefficient (Wildman–Crippen LogP) is 3.00. The minimum absolute atomic E-state index is 0.0431. The maximum Gasteiger partial charge on any atom is 0.255 e. The van der Waals surface area contributed by atoms with E-state index in [0.29, 0.717) is 17.9 Å². The van der Waals surface area contributed by atoms with Crippen LogP contribution in [0.4, 0.5) is 0 Å². The van der Waals surface area contributed by atoms with E-state index in [4.69, 9.17) is 4.74 Å². The minimum atomic E-state index is -0.0431. The lowest BCUT2D eigenvalue weighted by Crippen LogP contribution is -2.33. The van der Waals surface area contributed by atoms with Gasteiger partial charge in [0.25, 0.3) is 5.91 Å². The molecule has 0 aliphatic heterocycles. The van der Waals surface area contributed by atoms with Gasteiger partial charge in [-0.1, -0.05) is 25.0 Å². The van der Waals surface area contributed by atoms with Crippen LogP contribution in [-0.4, -0.2) is 44.1 Å². The number of hydrogen-bond donors (Lipinski definition) is 1. The van der Waals surface area contributed by atoms with Gasteiger partial charge >= 0.3 is 0 Å². The largest absolute Gasteiger partial charge is 0.496 e. The lowest BCUT2D eigenvalue weighted by molar-refractivity contribution is 0.0947. The molecule has 122 valence electrons. The second kappa shape index (κ2) is 8.18. The van der Waals surface area contributed by atoms with Crippen LogP contribution in [0.3, 0.4) is 0 Å². The summed E-state index contributed by atoms with van der Waals surface area (Å²) in [5.74, 6) is 0.596. The van der Waals surface area contributed by atoms with Crippen molar-refractivity contribution >= 4 is 5.91 Å². The Morgan fingerprint density at radius 1 is 1.36 bits per heavy atom. The van der Waals surface area contributed by atoms with Gasteiger partial charge in [-0.05, 0) is 51.4 Å². The third-order valence-electron chi connectivity index (χ3n) is 4.60. The topological polar surface area (TPSA) is 41.6 Å². The number of carbonyl (C=O) groups excluding carboxylic acids is 1. The van der Waals surface area contributed by atoms with E-state index in [0.717, 1.165) is 24.6 Å². The molecule has 1 aliphatic rings. The van der Waals surface area contributed by atoms with Crippen LogP contribution in [0.2, 0.25) is 0 Å². The number of aryl methyl sites for hydroxylation is 1. The zero-order valence-electron chi connectivity index (χ0n) is 14.0. The van der Waals surface area contributed by atoms with Gasteiger partial charge in [-0.15, -0.1) is 0 Å². The summed E-state index contributed by atoms with van der Waals surface area (Å²) in [6.07, 6.45) is 6.34. The maximum atomic E-state index is 12.3. The Bertz CT molecular complexity index is 496. The van der Waals surface area contributed by atoms with Crippen LogP contribution in [0, 0.1) is 6.92 Å². The standard InChI is InChI=1S/C18H28N2O2/c1-14-8-6-11-16(22-3)17(14)18(21)19-12-7-13-20(2)15-9-4-5-10-15/h6,8,11,15H,4-5,7,9-10,12-13H2,1-3H3,(H,19,21). The molecule has 1 aromatic rings. The molecule has 22 heavy (non-hydrogen) atoms. The number of rotatable bonds is 7. The van der Waals surface area contributed by atoms with Gasteiger partial charge in [-0.25, -0.2) is 0 Å². The first kappa shape index (κ1) is 16.8. The van der Waals surface area contributed by atoms with Crippen LogP contribution in [0.5, 0.6) is 5.75 Å². The summed E-state index contributed by atoms with van der Waals surface area (Å²) in [6, 6.07) is 6.41. The van der Waals surface area contributed by atoms with Crippen molar-refractivity contribution < 1.29 is 9.53 Å². The number of benzene rings is 1. The molecule has 0 radical (unpaired) electrons. The van der Waals surface area contributed by atoms with Crippen LogP contribution >= 0.6 is 0 Å². The summed E-state index contributed by atoms with van der Waals surface area (Å²) in [6.45, 7) is 3.68. The lowest BCUT2D eigenvalue weighted by atomic mass is 10.1. The van der Waals surface area contributed by atoms with E-state index in [-0.39, 0.29) is 5.91 Å². The van der Waals surface area contributed by atoms with E-state index >= 15 is 0 Å². The average Bonchev–Trinajstić information content (AvgIpc) is 3.05. The van der Waals surface area contributed by atoms with Crippen molar-refractivity contribution in [3.8, 4) is 5.75 Å². The summed E-state index contributed by atoms with van der Waals surface area (Å²) in [5, 5.41) is 3.01. The number of amides is 1. The van der Waals surface area contributed by atoms with Gasteiger partial charge in [0.15, 0.2) is 0 Å². The second-order valence-electron chi connectivity index (χ2n) is 6.18. The molecule has 0 aromatic heterocycles. The van der Waals surface area contributed by atoms with Crippen molar-refractivity contribution in [3.63, 3.8) is 0 Å². The van der Waals surface area contributed by atoms with Gasteiger partial charge in [0.05, 0.1) is 12.7 Å². The normalized spacial score (nSPS) is 15.3. The molecule has 1 N–H and O–H groups in total. The quantitative estimate of drug-likeness (QED) is 0.787. The fourth-order valence-corrected chi connectivity index (χ4v) is 3.25. The van der Waals surface area contributed by atoms with Crippen molar-refractivity contribution in [1.29, 1.82) is 0 Å². The third kappa shape index (κ3) is 4.23. The number of nitrogens with zero attached hydrogens (tertiary/aromatic N) is 1. The molecule has 0 spiro atoms. The molecule has 0 heterocycles.